The molecule has 0 unspecified atom stereocenters. The SMILES string of the molecule is CO[Si](C)(C)CSCCC(=O)OCCOC(=O)CCSC[Si](C)(C)CO. The first-order valence-corrected chi connectivity index (χ1v) is 17.6. The number of thioether (sulfide) groups is 2. The lowest BCUT2D eigenvalue weighted by atomic mass is 10.5. The van der Waals surface area contributed by atoms with Gasteiger partial charge in [0.2, 0.25) is 0 Å². The average Bonchev–Trinajstić information content (AvgIpc) is 2.59. The van der Waals surface area contributed by atoms with Crippen molar-refractivity contribution in [1.82, 2.24) is 0 Å². The molecule has 0 saturated heterocycles. The van der Waals surface area contributed by atoms with Crippen LogP contribution >= 0.6 is 23.5 Å². The highest BCUT2D eigenvalue weighted by atomic mass is 32.2. The maximum atomic E-state index is 11.6. The number of hydrogen-bond donors (Lipinski definition) is 1. The summed E-state index contributed by atoms with van der Waals surface area (Å²) >= 11 is 3.39. The average molecular weight is 443 g/mol. The summed E-state index contributed by atoms with van der Waals surface area (Å²) in [5.41, 5.74) is 0. The first-order chi connectivity index (χ1) is 12.1. The number of carbonyl (C=O) groups is 2. The Bertz CT molecular complexity index is 384. The Morgan fingerprint density at radius 3 is 1.77 bits per heavy atom. The zero-order chi connectivity index (χ0) is 20.1. The van der Waals surface area contributed by atoms with E-state index in [1.165, 1.54) is 0 Å². The fraction of sp³-hybridized carbons (Fsp3) is 0.875. The van der Waals surface area contributed by atoms with Crippen molar-refractivity contribution in [3.05, 3.63) is 0 Å². The van der Waals surface area contributed by atoms with Crippen LogP contribution in [0.5, 0.6) is 0 Å². The predicted octanol–water partition coefficient (Wildman–Crippen LogP) is 2.49. The second kappa shape index (κ2) is 14.1. The molecule has 154 valence electrons. The summed E-state index contributed by atoms with van der Waals surface area (Å²) in [7, 11) is -1.36. The molecule has 1 N–H and O–H groups in total. The van der Waals surface area contributed by atoms with E-state index in [2.05, 4.69) is 26.2 Å². The zero-order valence-corrected chi connectivity index (χ0v) is 20.3. The summed E-state index contributed by atoms with van der Waals surface area (Å²) in [5, 5.41) is 11.1. The molecule has 6 nitrogen and oxygen atoms in total. The number of rotatable bonds is 15. The van der Waals surface area contributed by atoms with Gasteiger partial charge < -0.3 is 19.0 Å². The van der Waals surface area contributed by atoms with Crippen LogP contribution in [0.25, 0.3) is 0 Å². The van der Waals surface area contributed by atoms with Crippen LogP contribution in [-0.4, -0.2) is 82.2 Å². The number of hydrogen-bond acceptors (Lipinski definition) is 8. The summed E-state index contributed by atoms with van der Waals surface area (Å²) in [6.45, 7) is 8.71. The molecule has 0 radical (unpaired) electrons. The van der Waals surface area contributed by atoms with Gasteiger partial charge in [-0.3, -0.25) is 9.59 Å². The number of aliphatic hydroxyl groups is 1. The third-order valence-electron chi connectivity index (χ3n) is 3.43. The maximum absolute atomic E-state index is 11.6. The van der Waals surface area contributed by atoms with E-state index in [-0.39, 0.29) is 31.4 Å². The topological polar surface area (TPSA) is 82.1 Å². The smallest absolute Gasteiger partial charge is 0.306 e. The van der Waals surface area contributed by atoms with Crippen molar-refractivity contribution < 1.29 is 28.6 Å². The predicted molar refractivity (Wildman–Crippen MR) is 115 cm³/mol. The Morgan fingerprint density at radius 1 is 0.885 bits per heavy atom. The monoisotopic (exact) mass is 442 g/mol. The van der Waals surface area contributed by atoms with Crippen molar-refractivity contribution in [3.63, 3.8) is 0 Å². The fourth-order valence-corrected chi connectivity index (χ4v) is 8.33. The molecule has 0 aromatic rings. The first-order valence-electron chi connectivity index (χ1n) is 8.74. The molecule has 0 heterocycles. The van der Waals surface area contributed by atoms with Crippen LogP contribution < -0.4 is 0 Å². The van der Waals surface area contributed by atoms with Crippen molar-refractivity contribution >= 4 is 51.9 Å². The van der Waals surface area contributed by atoms with Crippen molar-refractivity contribution in [2.75, 3.05) is 48.8 Å². The molecule has 0 aliphatic heterocycles. The molecular weight excluding hydrogens is 408 g/mol. The van der Waals surface area contributed by atoms with Crippen LogP contribution in [0, 0.1) is 0 Å². The summed E-state index contributed by atoms with van der Waals surface area (Å²) in [6, 6.07) is 0. The zero-order valence-electron chi connectivity index (χ0n) is 16.7. The Morgan fingerprint density at radius 2 is 1.35 bits per heavy atom. The van der Waals surface area contributed by atoms with Gasteiger partial charge in [0, 0.05) is 30.2 Å². The van der Waals surface area contributed by atoms with Gasteiger partial charge in [0.15, 0.2) is 8.32 Å². The fourth-order valence-electron chi connectivity index (χ4n) is 1.54. The van der Waals surface area contributed by atoms with Gasteiger partial charge in [0.05, 0.1) is 20.9 Å². The third-order valence-corrected chi connectivity index (χ3v) is 13.9. The quantitative estimate of drug-likeness (QED) is 0.235. The highest BCUT2D eigenvalue weighted by Gasteiger charge is 2.20. The second-order valence-corrected chi connectivity index (χ2v) is 19.8. The molecule has 0 spiro atoms. The van der Waals surface area contributed by atoms with Gasteiger partial charge in [0.25, 0.3) is 0 Å². The number of ether oxygens (including phenoxy) is 2. The minimum absolute atomic E-state index is 0.100. The summed E-state index contributed by atoms with van der Waals surface area (Å²) in [4.78, 5) is 23.2. The molecule has 0 saturated carbocycles. The molecule has 0 atom stereocenters. The lowest BCUT2D eigenvalue weighted by Gasteiger charge is -2.18. The molecule has 0 aliphatic rings. The largest absolute Gasteiger partial charge is 0.462 e. The molecule has 26 heavy (non-hydrogen) atoms. The van der Waals surface area contributed by atoms with Crippen LogP contribution in [0.15, 0.2) is 0 Å². The van der Waals surface area contributed by atoms with E-state index < -0.39 is 16.4 Å². The molecule has 0 amide bonds. The minimum atomic E-state index is -1.58. The first kappa shape index (κ1) is 26.0. The number of carbonyl (C=O) groups excluding carboxylic acids is 2. The van der Waals surface area contributed by atoms with E-state index >= 15 is 0 Å². The molecular formula is C16H34O6S2Si2. The molecule has 0 aromatic carbocycles. The van der Waals surface area contributed by atoms with Gasteiger partial charge in [-0.15, -0.1) is 0 Å². The van der Waals surface area contributed by atoms with E-state index in [1.807, 2.05) is 0 Å². The molecule has 0 aromatic heterocycles. The van der Waals surface area contributed by atoms with Crippen molar-refractivity contribution in [2.24, 2.45) is 0 Å². The normalized spacial score (nSPS) is 12.1. The van der Waals surface area contributed by atoms with Crippen molar-refractivity contribution in [1.29, 1.82) is 0 Å². The lowest BCUT2D eigenvalue weighted by Crippen LogP contribution is -2.35. The third kappa shape index (κ3) is 15.1. The van der Waals surface area contributed by atoms with Gasteiger partial charge in [-0.2, -0.15) is 23.5 Å². The maximum Gasteiger partial charge on any atom is 0.306 e. The number of aliphatic hydroxyl groups excluding tert-OH is 1. The van der Waals surface area contributed by atoms with Crippen LogP contribution in [-0.2, 0) is 23.5 Å². The summed E-state index contributed by atoms with van der Waals surface area (Å²) in [5.74, 6) is 0.854. The Labute approximate surface area is 168 Å². The van der Waals surface area contributed by atoms with Gasteiger partial charge in [-0.25, -0.2) is 0 Å². The van der Waals surface area contributed by atoms with Crippen LogP contribution in [0.4, 0.5) is 0 Å². The molecule has 0 bridgehead atoms. The summed E-state index contributed by atoms with van der Waals surface area (Å²) in [6.07, 6.45) is 0.957. The van der Waals surface area contributed by atoms with E-state index in [9.17, 15) is 14.7 Å². The Balaban J connectivity index is 3.58. The van der Waals surface area contributed by atoms with Gasteiger partial charge in [-0.05, 0) is 18.5 Å². The molecule has 10 heteroatoms. The second-order valence-electron chi connectivity index (χ2n) is 7.33. The Kier molecular flexibility index (Phi) is 14.1. The van der Waals surface area contributed by atoms with Crippen LogP contribution in [0.3, 0.4) is 0 Å². The Hall–Kier alpha value is -0.00623. The van der Waals surface area contributed by atoms with Crippen LogP contribution in [0.2, 0.25) is 26.2 Å². The highest BCUT2D eigenvalue weighted by Crippen LogP contribution is 2.14. The molecule has 0 rings (SSSR count). The van der Waals surface area contributed by atoms with E-state index in [1.54, 1.807) is 30.6 Å². The van der Waals surface area contributed by atoms with E-state index in [4.69, 9.17) is 13.9 Å². The standard InChI is InChI=1S/C16H34O6S2Si2/c1-20-26(4,5)14-24-11-7-16(19)22-9-8-21-15(18)6-10-23-13-25(2,3)12-17/h17H,6-14H2,1-5H3. The number of esters is 2. The molecule has 0 aliphatic carbocycles. The van der Waals surface area contributed by atoms with E-state index in [0.29, 0.717) is 24.3 Å². The summed E-state index contributed by atoms with van der Waals surface area (Å²) < 4.78 is 15.6. The van der Waals surface area contributed by atoms with Crippen molar-refractivity contribution in [2.45, 2.75) is 39.0 Å². The minimum Gasteiger partial charge on any atom is -0.462 e. The van der Waals surface area contributed by atoms with Gasteiger partial charge in [0.1, 0.15) is 13.2 Å². The highest BCUT2D eigenvalue weighted by molar-refractivity contribution is 8.01. The van der Waals surface area contributed by atoms with Gasteiger partial charge >= 0.3 is 11.9 Å². The van der Waals surface area contributed by atoms with Crippen molar-refractivity contribution in [3.8, 4) is 0 Å². The molecule has 0 fully saturated rings. The van der Waals surface area contributed by atoms with Crippen LogP contribution in [0.1, 0.15) is 12.8 Å². The van der Waals surface area contributed by atoms with E-state index in [0.717, 1.165) is 10.8 Å². The van der Waals surface area contributed by atoms with Gasteiger partial charge in [-0.1, -0.05) is 13.1 Å². The lowest BCUT2D eigenvalue weighted by molar-refractivity contribution is -0.151.